The summed E-state index contributed by atoms with van der Waals surface area (Å²) in [7, 11) is -2.06. The van der Waals surface area contributed by atoms with Gasteiger partial charge in [0.2, 0.25) is 0 Å². The van der Waals surface area contributed by atoms with Gasteiger partial charge >= 0.3 is 13.2 Å². The number of nitrogens with zero attached hydrogens (tertiary/aromatic N) is 2. The summed E-state index contributed by atoms with van der Waals surface area (Å²) in [4.78, 5) is 14.1. The summed E-state index contributed by atoms with van der Waals surface area (Å²) >= 11 is 0. The van der Waals surface area contributed by atoms with Crippen LogP contribution >= 0.6 is 0 Å². The van der Waals surface area contributed by atoms with Crippen molar-refractivity contribution < 1.29 is 26.6 Å². The van der Waals surface area contributed by atoms with Crippen LogP contribution < -0.4 is 9.47 Å². The molecule has 2 aromatic rings. The Kier molecular flexibility index (Phi) is 6.09. The van der Waals surface area contributed by atoms with E-state index in [2.05, 4.69) is 0 Å². The van der Waals surface area contributed by atoms with Crippen LogP contribution in [-0.2, 0) is 0 Å². The zero-order chi connectivity index (χ0) is 16.8. The molecule has 0 atom stereocenters. The van der Waals surface area contributed by atoms with Gasteiger partial charge < -0.3 is 22.2 Å². The molecule has 0 saturated carbocycles. The molecule has 0 bridgehead atoms. The van der Waals surface area contributed by atoms with Crippen LogP contribution in [0.1, 0.15) is 10.4 Å². The molecule has 0 amide bonds. The third-order valence-corrected chi connectivity index (χ3v) is 2.58. The average Bonchev–Trinajstić information content (AvgIpc) is 2.46. The van der Waals surface area contributed by atoms with Crippen LogP contribution in [0.25, 0.3) is 0 Å². The molecule has 0 N–H and O–H groups in total. The Balaban J connectivity index is 0.000000422. The van der Waals surface area contributed by atoms with Gasteiger partial charge in [-0.1, -0.05) is 18.2 Å². The average molecular weight is 314 g/mol. The molecule has 0 fully saturated rings. The highest BCUT2D eigenvalue weighted by molar-refractivity contribution is 6.50. The fourth-order valence-electron chi connectivity index (χ4n) is 1.58. The van der Waals surface area contributed by atoms with E-state index < -0.39 is 7.25 Å². The molecule has 0 spiro atoms. The van der Waals surface area contributed by atoms with Crippen molar-refractivity contribution in [1.29, 1.82) is 0 Å². The first-order valence-corrected chi connectivity index (χ1v) is 6.34. The van der Waals surface area contributed by atoms with E-state index in [1.165, 1.54) is 0 Å². The topological polar surface area (TPSA) is 24.2 Å². The van der Waals surface area contributed by atoms with Crippen molar-refractivity contribution in [2.45, 2.75) is 0 Å². The third kappa shape index (κ3) is 6.38. The highest BCUT2D eigenvalue weighted by Gasteiger charge is 2.20. The lowest BCUT2D eigenvalue weighted by atomic mass is 10.2. The highest BCUT2D eigenvalue weighted by atomic mass is 19.5. The summed E-state index contributed by atoms with van der Waals surface area (Å²) < 4.78 is 40.6. The number of aromatic nitrogens is 1. The first kappa shape index (κ1) is 17.7. The summed E-state index contributed by atoms with van der Waals surface area (Å²) in [6.45, 7) is 0. The molecular weight excluding hydrogens is 299 g/mol. The minimum atomic E-state index is -6.00. The fourth-order valence-corrected chi connectivity index (χ4v) is 1.58. The zero-order valence-electron chi connectivity index (χ0n) is 12.1. The van der Waals surface area contributed by atoms with Crippen LogP contribution in [-0.4, -0.2) is 27.3 Å². The Bertz CT molecular complexity index is 594. The van der Waals surface area contributed by atoms with Crippen molar-refractivity contribution in [3.8, 4) is 0 Å². The van der Waals surface area contributed by atoms with E-state index >= 15 is 0 Å². The highest BCUT2D eigenvalue weighted by Crippen LogP contribution is 2.07. The molecule has 1 heterocycles. The third-order valence-electron chi connectivity index (χ3n) is 2.58. The molecule has 0 saturated heterocycles. The summed E-state index contributed by atoms with van der Waals surface area (Å²) in [6, 6.07) is 13.1. The number of halogens is 4. The van der Waals surface area contributed by atoms with Gasteiger partial charge in [-0.3, -0.25) is 0 Å². The van der Waals surface area contributed by atoms with Gasteiger partial charge in [-0.25, -0.2) is 4.79 Å². The number of anilines is 1. The zero-order valence-corrected chi connectivity index (χ0v) is 12.1. The monoisotopic (exact) mass is 314 g/mol. The van der Waals surface area contributed by atoms with E-state index in [1.807, 2.05) is 61.5 Å². The van der Waals surface area contributed by atoms with Crippen LogP contribution in [0, 0.1) is 0 Å². The first-order chi connectivity index (χ1) is 10.2. The van der Waals surface area contributed by atoms with Crippen molar-refractivity contribution in [1.82, 2.24) is 0 Å². The maximum Gasteiger partial charge on any atom is 0.673 e. The number of benzene rings is 1. The molecule has 8 heteroatoms. The molecule has 0 aliphatic rings. The fraction of sp³-hybridized carbons (Fsp3) is 0.143. The van der Waals surface area contributed by atoms with Gasteiger partial charge in [0.25, 0.3) is 0 Å². The van der Waals surface area contributed by atoms with Gasteiger partial charge in [-0.05, 0) is 12.1 Å². The quantitative estimate of drug-likeness (QED) is 0.483. The molecule has 0 unspecified atom stereocenters. The second-order valence-corrected chi connectivity index (χ2v) is 4.52. The second-order valence-electron chi connectivity index (χ2n) is 4.52. The summed E-state index contributed by atoms with van der Waals surface area (Å²) in [6.07, 6.45) is 3.56. The van der Waals surface area contributed by atoms with E-state index in [9.17, 15) is 22.1 Å². The summed E-state index contributed by atoms with van der Waals surface area (Å²) in [5.74, 6) is -0.0177. The Morgan fingerprint density at radius 3 is 1.82 bits per heavy atom. The first-order valence-electron chi connectivity index (χ1n) is 6.34. The molecule has 118 valence electrons. The van der Waals surface area contributed by atoms with Crippen molar-refractivity contribution in [2.24, 2.45) is 0 Å². The summed E-state index contributed by atoms with van der Waals surface area (Å²) in [5.41, 5.74) is 1.76. The van der Waals surface area contributed by atoms with Gasteiger partial charge in [-0.2, -0.15) is 0 Å². The largest absolute Gasteiger partial charge is 0.673 e. The standard InChI is InChI=1S/C14H15N2O.BF4/c1-15(2)13-8-10-16(11-9-13)14(17)12-6-4-3-5-7-12;2-1(3,4)5/h3-11H,1-2H3;/q+1;-1. The smallest absolute Gasteiger partial charge is 0.418 e. The minimum Gasteiger partial charge on any atom is -0.418 e. The van der Waals surface area contributed by atoms with Gasteiger partial charge in [0, 0.05) is 31.9 Å². The van der Waals surface area contributed by atoms with Crippen LogP contribution in [0.15, 0.2) is 54.9 Å². The molecule has 0 aliphatic carbocycles. The molecule has 1 aromatic heterocycles. The number of rotatable bonds is 2. The van der Waals surface area contributed by atoms with Gasteiger partial charge in [0.1, 0.15) is 0 Å². The van der Waals surface area contributed by atoms with Crippen molar-refractivity contribution >= 4 is 18.8 Å². The van der Waals surface area contributed by atoms with Crippen LogP contribution in [0.4, 0.5) is 23.0 Å². The number of carbonyl (C=O) groups excluding carboxylic acids is 1. The molecular formula is C14H15BF4N2O. The molecule has 1 aromatic carbocycles. The second kappa shape index (κ2) is 7.58. The molecule has 22 heavy (non-hydrogen) atoms. The molecule has 0 aliphatic heterocycles. The number of carbonyl (C=O) groups is 1. The maximum absolute atomic E-state index is 12.1. The Morgan fingerprint density at radius 1 is 0.955 bits per heavy atom. The Hall–Kier alpha value is -2.38. The van der Waals surface area contributed by atoms with Gasteiger partial charge in [-0.15, -0.1) is 4.57 Å². The van der Waals surface area contributed by atoms with E-state index in [-0.39, 0.29) is 5.91 Å². The lowest BCUT2D eigenvalue weighted by Gasteiger charge is -2.09. The molecule has 3 nitrogen and oxygen atoms in total. The lowest BCUT2D eigenvalue weighted by Crippen LogP contribution is -2.42. The van der Waals surface area contributed by atoms with Crippen molar-refractivity contribution in [3.05, 3.63) is 60.4 Å². The van der Waals surface area contributed by atoms with Gasteiger partial charge in [0.15, 0.2) is 12.4 Å². The van der Waals surface area contributed by atoms with Crippen molar-refractivity contribution in [3.63, 3.8) is 0 Å². The van der Waals surface area contributed by atoms with Crippen LogP contribution in [0.3, 0.4) is 0 Å². The van der Waals surface area contributed by atoms with E-state index in [0.29, 0.717) is 5.56 Å². The number of pyridine rings is 1. The van der Waals surface area contributed by atoms with E-state index in [0.717, 1.165) is 5.69 Å². The number of hydrogen-bond acceptors (Lipinski definition) is 2. The maximum atomic E-state index is 12.1. The molecule has 0 radical (unpaired) electrons. The van der Waals surface area contributed by atoms with Gasteiger partial charge in [0.05, 0.1) is 5.56 Å². The lowest BCUT2D eigenvalue weighted by molar-refractivity contribution is -0.570. The summed E-state index contributed by atoms with van der Waals surface area (Å²) in [5, 5.41) is 0. The Labute approximate surface area is 125 Å². The van der Waals surface area contributed by atoms with Crippen molar-refractivity contribution in [2.75, 3.05) is 19.0 Å². The van der Waals surface area contributed by atoms with Crippen LogP contribution in [0.5, 0.6) is 0 Å². The SMILES string of the molecule is CN(C)c1cc[n+](C(=O)c2ccccc2)cc1.F[B-](F)(F)F. The Morgan fingerprint density at radius 2 is 1.41 bits per heavy atom. The predicted molar refractivity (Wildman–Crippen MR) is 77.3 cm³/mol. The van der Waals surface area contributed by atoms with E-state index in [4.69, 9.17) is 0 Å². The molecule has 2 rings (SSSR count). The minimum absolute atomic E-state index is 0.0177. The predicted octanol–water partition coefficient (Wildman–Crippen LogP) is 3.03. The van der Waals surface area contributed by atoms with E-state index in [1.54, 1.807) is 17.0 Å². The van der Waals surface area contributed by atoms with Crippen LogP contribution in [0.2, 0.25) is 0 Å². The number of hydrogen-bond donors (Lipinski definition) is 0. The normalized spacial score (nSPS) is 10.5.